The minimum Gasteiger partial charge on any atom is -0.464 e. The second kappa shape index (κ2) is 13.6. The van der Waals surface area contributed by atoms with Gasteiger partial charge in [0.1, 0.15) is 12.1 Å². The van der Waals surface area contributed by atoms with Crippen molar-refractivity contribution in [2.45, 2.75) is 39.3 Å². The second-order valence-corrected chi connectivity index (χ2v) is 10.9. The molecule has 5 rings (SSSR count). The van der Waals surface area contributed by atoms with Crippen LogP contribution in [0, 0.1) is 0 Å². The van der Waals surface area contributed by atoms with E-state index in [2.05, 4.69) is 13.5 Å². The molecular formula is C34H33ClN2O6. The maximum atomic E-state index is 13.9. The number of rotatable bonds is 12. The van der Waals surface area contributed by atoms with Crippen LogP contribution in [0.15, 0.2) is 88.8 Å². The van der Waals surface area contributed by atoms with Gasteiger partial charge in [0.25, 0.3) is 5.91 Å². The van der Waals surface area contributed by atoms with Gasteiger partial charge in [-0.05, 0) is 66.4 Å². The number of hydrogen-bond acceptors (Lipinski definition) is 6. The Morgan fingerprint density at radius 3 is 2.49 bits per heavy atom. The van der Waals surface area contributed by atoms with Crippen LogP contribution in [-0.4, -0.2) is 41.5 Å². The zero-order valence-corrected chi connectivity index (χ0v) is 24.8. The van der Waals surface area contributed by atoms with E-state index in [0.29, 0.717) is 33.1 Å². The number of aryl methyl sites for hydroxylation is 1. The molecule has 43 heavy (non-hydrogen) atoms. The molecule has 1 aromatic heterocycles. The van der Waals surface area contributed by atoms with Crippen LogP contribution in [-0.2, 0) is 24.3 Å². The third kappa shape index (κ3) is 7.09. The molecule has 0 bridgehead atoms. The summed E-state index contributed by atoms with van der Waals surface area (Å²) < 4.78 is 16.6. The molecule has 222 valence electrons. The summed E-state index contributed by atoms with van der Waals surface area (Å²) in [5, 5.41) is 0.730. The van der Waals surface area contributed by atoms with Gasteiger partial charge in [0.15, 0.2) is 16.9 Å². The van der Waals surface area contributed by atoms with E-state index in [0.717, 1.165) is 30.4 Å². The van der Waals surface area contributed by atoms with Gasteiger partial charge in [-0.2, -0.15) is 0 Å². The van der Waals surface area contributed by atoms with Gasteiger partial charge in [0.05, 0.1) is 23.8 Å². The number of hydrogen-bond donors (Lipinski definition) is 0. The average molecular weight is 601 g/mol. The third-order valence-corrected chi connectivity index (χ3v) is 7.55. The molecule has 0 aliphatic carbocycles. The van der Waals surface area contributed by atoms with E-state index in [1.807, 2.05) is 18.2 Å². The minimum atomic E-state index is -0.349. The first-order valence-corrected chi connectivity index (χ1v) is 14.6. The summed E-state index contributed by atoms with van der Waals surface area (Å²) in [6.45, 7) is 6.13. The van der Waals surface area contributed by atoms with E-state index >= 15 is 0 Å². The highest BCUT2D eigenvalue weighted by Gasteiger charge is 2.24. The lowest BCUT2D eigenvalue weighted by molar-refractivity contribution is -0.133. The monoisotopic (exact) mass is 600 g/mol. The molecule has 0 saturated carbocycles. The topological polar surface area (TPSA) is 89.3 Å². The van der Waals surface area contributed by atoms with Gasteiger partial charge in [0, 0.05) is 23.7 Å². The molecule has 2 heterocycles. The molecule has 9 heteroatoms. The predicted octanol–water partition coefficient (Wildman–Crippen LogP) is 6.37. The zero-order valence-electron chi connectivity index (χ0n) is 24.0. The van der Waals surface area contributed by atoms with Crippen LogP contribution in [0.2, 0.25) is 5.02 Å². The zero-order chi connectivity index (χ0) is 30.3. The van der Waals surface area contributed by atoms with Gasteiger partial charge in [-0.3, -0.25) is 14.4 Å². The van der Waals surface area contributed by atoms with E-state index in [-0.39, 0.29) is 55.8 Å². The summed E-state index contributed by atoms with van der Waals surface area (Å²) in [4.78, 5) is 43.8. The van der Waals surface area contributed by atoms with E-state index in [9.17, 15) is 14.4 Å². The van der Waals surface area contributed by atoms with Crippen molar-refractivity contribution < 1.29 is 23.5 Å². The van der Waals surface area contributed by atoms with Crippen LogP contribution >= 0.6 is 11.6 Å². The van der Waals surface area contributed by atoms with E-state index in [4.69, 9.17) is 25.5 Å². The Bertz CT molecular complexity index is 1700. The van der Waals surface area contributed by atoms with Crippen molar-refractivity contribution in [3.63, 3.8) is 0 Å². The van der Waals surface area contributed by atoms with Crippen LogP contribution in [0.25, 0.3) is 11.0 Å². The smallest absolute Gasteiger partial charge is 0.254 e. The van der Waals surface area contributed by atoms with Crippen LogP contribution in [0.5, 0.6) is 11.5 Å². The number of unbranched alkanes of at least 4 members (excludes halogenated alkanes) is 1. The standard InChI is InChI=1S/C34H33ClN2O6/c1-3-5-6-23-7-10-25(11-8-23)34(40)36(15-4-2)20-32(38)37(18-24-9-13-30-31(16-24)43-22-42-30)19-26-21-41-29-14-12-27(35)17-28(29)33(26)39/h4,7-14,16-17,21H,2-3,5-6,15,18-20,22H2,1H3. The number of benzene rings is 3. The van der Waals surface area contributed by atoms with Gasteiger partial charge < -0.3 is 23.7 Å². The van der Waals surface area contributed by atoms with Gasteiger partial charge in [-0.15, -0.1) is 6.58 Å². The molecule has 0 radical (unpaired) electrons. The van der Waals surface area contributed by atoms with Crippen molar-refractivity contribution in [1.82, 2.24) is 9.80 Å². The molecule has 0 saturated heterocycles. The maximum Gasteiger partial charge on any atom is 0.254 e. The summed E-state index contributed by atoms with van der Waals surface area (Å²) in [6.07, 6.45) is 6.07. The highest BCUT2D eigenvalue weighted by atomic mass is 35.5. The fourth-order valence-corrected chi connectivity index (χ4v) is 5.14. The first kappa shape index (κ1) is 29.9. The predicted molar refractivity (Wildman–Crippen MR) is 165 cm³/mol. The lowest BCUT2D eigenvalue weighted by Crippen LogP contribution is -2.43. The molecule has 1 aliphatic rings. The fourth-order valence-electron chi connectivity index (χ4n) is 4.97. The number of amides is 2. The van der Waals surface area contributed by atoms with Crippen molar-refractivity contribution in [2.75, 3.05) is 19.9 Å². The van der Waals surface area contributed by atoms with Crippen LogP contribution in [0.3, 0.4) is 0 Å². The van der Waals surface area contributed by atoms with Gasteiger partial charge in [-0.25, -0.2) is 0 Å². The minimum absolute atomic E-state index is 0.0414. The summed E-state index contributed by atoms with van der Waals surface area (Å²) in [5.74, 6) is 0.573. The molecule has 0 unspecified atom stereocenters. The molecule has 3 aromatic carbocycles. The molecule has 0 N–H and O–H groups in total. The number of carbonyl (C=O) groups excluding carboxylic acids is 2. The highest BCUT2D eigenvalue weighted by molar-refractivity contribution is 6.31. The number of halogens is 1. The van der Waals surface area contributed by atoms with Crippen molar-refractivity contribution in [3.05, 3.63) is 117 Å². The molecule has 1 aliphatic heterocycles. The molecule has 0 spiro atoms. The lowest BCUT2D eigenvalue weighted by Gasteiger charge is -2.27. The molecule has 8 nitrogen and oxygen atoms in total. The SMILES string of the molecule is C=CCN(CC(=O)N(Cc1ccc2c(c1)OCO2)Cc1coc2ccc(Cl)cc2c1=O)C(=O)c1ccc(CCCC)cc1. The van der Waals surface area contributed by atoms with Gasteiger partial charge in [-0.1, -0.05) is 49.2 Å². The number of fused-ring (bicyclic) bond motifs is 2. The van der Waals surface area contributed by atoms with E-state index in [1.54, 1.807) is 48.5 Å². The molecular weight excluding hydrogens is 568 g/mol. The van der Waals surface area contributed by atoms with Crippen molar-refractivity contribution in [3.8, 4) is 11.5 Å². The Labute approximate surface area is 255 Å². The summed E-state index contributed by atoms with van der Waals surface area (Å²) in [6, 6.07) is 17.7. The number of nitrogens with zero attached hydrogens (tertiary/aromatic N) is 2. The first-order valence-electron chi connectivity index (χ1n) is 14.2. The third-order valence-electron chi connectivity index (χ3n) is 7.31. The quantitative estimate of drug-likeness (QED) is 0.175. The summed E-state index contributed by atoms with van der Waals surface area (Å²) in [7, 11) is 0. The van der Waals surface area contributed by atoms with Crippen molar-refractivity contribution >= 4 is 34.4 Å². The van der Waals surface area contributed by atoms with Crippen LogP contribution < -0.4 is 14.9 Å². The summed E-state index contributed by atoms with van der Waals surface area (Å²) in [5.41, 5.74) is 2.83. The van der Waals surface area contributed by atoms with Gasteiger partial charge in [0.2, 0.25) is 12.7 Å². The number of ether oxygens (including phenoxy) is 2. The highest BCUT2D eigenvalue weighted by Crippen LogP contribution is 2.33. The average Bonchev–Trinajstić information content (AvgIpc) is 3.49. The van der Waals surface area contributed by atoms with Crippen LogP contribution in [0.4, 0.5) is 0 Å². The number of carbonyl (C=O) groups is 2. The molecule has 0 fully saturated rings. The van der Waals surface area contributed by atoms with Gasteiger partial charge >= 0.3 is 0 Å². The molecule has 4 aromatic rings. The van der Waals surface area contributed by atoms with Crippen molar-refractivity contribution in [1.29, 1.82) is 0 Å². The van der Waals surface area contributed by atoms with Crippen LogP contribution in [0.1, 0.15) is 46.8 Å². The normalized spacial score (nSPS) is 11.9. The largest absolute Gasteiger partial charge is 0.464 e. The summed E-state index contributed by atoms with van der Waals surface area (Å²) >= 11 is 6.14. The fraction of sp³-hybridized carbons (Fsp3) is 0.265. The second-order valence-electron chi connectivity index (χ2n) is 10.4. The van der Waals surface area contributed by atoms with E-state index < -0.39 is 0 Å². The molecule has 2 amide bonds. The Morgan fingerprint density at radius 2 is 1.72 bits per heavy atom. The molecule has 0 atom stereocenters. The first-order chi connectivity index (χ1) is 20.9. The van der Waals surface area contributed by atoms with E-state index in [1.165, 1.54) is 16.1 Å². The Balaban J connectivity index is 1.41. The Morgan fingerprint density at radius 1 is 0.953 bits per heavy atom. The maximum absolute atomic E-state index is 13.9. The lowest BCUT2D eigenvalue weighted by atomic mass is 10.1. The Kier molecular flexibility index (Phi) is 9.47. The Hall–Kier alpha value is -4.56. The van der Waals surface area contributed by atoms with Crippen molar-refractivity contribution in [2.24, 2.45) is 0 Å².